The summed E-state index contributed by atoms with van der Waals surface area (Å²) in [6, 6.07) is 10.4. The summed E-state index contributed by atoms with van der Waals surface area (Å²) in [5.74, 6) is -0.427. The number of rotatable bonds is 2. The van der Waals surface area contributed by atoms with Gasteiger partial charge in [-0.05, 0) is 24.3 Å². The first-order chi connectivity index (χ1) is 9.63. The summed E-state index contributed by atoms with van der Waals surface area (Å²) in [4.78, 5) is 13.9. The molecule has 0 unspecified atom stereocenters. The Morgan fingerprint density at radius 1 is 1.20 bits per heavy atom. The second kappa shape index (κ2) is 5.47. The first-order valence-corrected chi connectivity index (χ1v) is 7.77. The smallest absolute Gasteiger partial charge is 0.263 e. The molecule has 100 valence electrons. The van der Waals surface area contributed by atoms with E-state index in [-0.39, 0.29) is 11.7 Å². The average molecular weight is 321 g/mol. The minimum absolute atomic E-state index is 0.180. The van der Waals surface area contributed by atoms with Crippen molar-refractivity contribution in [3.8, 4) is 10.4 Å². The van der Waals surface area contributed by atoms with Crippen LogP contribution in [-0.2, 0) is 4.79 Å². The van der Waals surface area contributed by atoms with Gasteiger partial charge in [0.15, 0.2) is 0 Å². The van der Waals surface area contributed by atoms with E-state index in [1.165, 1.54) is 29.2 Å². The van der Waals surface area contributed by atoms with Crippen LogP contribution < -0.4 is 5.32 Å². The van der Waals surface area contributed by atoms with Crippen molar-refractivity contribution in [2.75, 3.05) is 0 Å². The molecule has 1 saturated heterocycles. The standard InChI is InChI=1S/C14H8FNOS3/c15-10-4-2-1-3-9(10)11-6-5-8(19-11)7-12-13(17)16-14(18)20-12/h1-7H,(H,16,17,18). The number of amides is 1. The molecule has 0 aliphatic carbocycles. The lowest BCUT2D eigenvalue weighted by Gasteiger charge is -1.97. The molecule has 2 nitrogen and oxygen atoms in total. The van der Waals surface area contributed by atoms with Crippen LogP contribution in [0.25, 0.3) is 16.5 Å². The summed E-state index contributed by atoms with van der Waals surface area (Å²) >= 11 is 7.61. The second-order valence-electron chi connectivity index (χ2n) is 4.03. The summed E-state index contributed by atoms with van der Waals surface area (Å²) in [6.45, 7) is 0. The Morgan fingerprint density at radius 3 is 2.70 bits per heavy atom. The van der Waals surface area contributed by atoms with E-state index < -0.39 is 0 Å². The Bertz CT molecular complexity index is 736. The Labute approximate surface area is 128 Å². The lowest BCUT2D eigenvalue weighted by Crippen LogP contribution is -2.17. The van der Waals surface area contributed by atoms with Gasteiger partial charge in [0, 0.05) is 15.3 Å². The van der Waals surface area contributed by atoms with Gasteiger partial charge in [0.25, 0.3) is 5.91 Å². The monoisotopic (exact) mass is 321 g/mol. The van der Waals surface area contributed by atoms with Crippen molar-refractivity contribution in [3.63, 3.8) is 0 Å². The highest BCUT2D eigenvalue weighted by Gasteiger charge is 2.22. The van der Waals surface area contributed by atoms with Gasteiger partial charge in [-0.2, -0.15) is 0 Å². The third-order valence-electron chi connectivity index (χ3n) is 2.68. The first-order valence-electron chi connectivity index (χ1n) is 5.73. The fourth-order valence-electron chi connectivity index (χ4n) is 1.79. The summed E-state index contributed by atoms with van der Waals surface area (Å²) in [6.07, 6.45) is 1.77. The predicted octanol–water partition coefficient (Wildman–Crippen LogP) is 4.04. The van der Waals surface area contributed by atoms with Gasteiger partial charge in [0.1, 0.15) is 10.1 Å². The lowest BCUT2D eigenvalue weighted by atomic mass is 10.2. The number of carbonyl (C=O) groups excluding carboxylic acids is 1. The summed E-state index contributed by atoms with van der Waals surface area (Å²) in [5.41, 5.74) is 0.571. The van der Waals surface area contributed by atoms with Crippen LogP contribution in [-0.4, -0.2) is 10.2 Å². The molecular formula is C14H8FNOS3. The number of thiocarbonyl (C=S) groups is 1. The summed E-state index contributed by atoms with van der Waals surface area (Å²) < 4.78 is 14.2. The Balaban J connectivity index is 1.92. The molecule has 0 saturated carbocycles. The van der Waals surface area contributed by atoms with Crippen molar-refractivity contribution in [2.45, 2.75) is 0 Å². The maximum Gasteiger partial charge on any atom is 0.263 e. The number of carbonyl (C=O) groups is 1. The van der Waals surface area contributed by atoms with E-state index in [1.807, 2.05) is 12.1 Å². The molecule has 1 aliphatic rings. The molecular weight excluding hydrogens is 313 g/mol. The van der Waals surface area contributed by atoms with Gasteiger partial charge in [-0.25, -0.2) is 4.39 Å². The van der Waals surface area contributed by atoms with Crippen molar-refractivity contribution in [1.82, 2.24) is 5.32 Å². The summed E-state index contributed by atoms with van der Waals surface area (Å²) in [7, 11) is 0. The SMILES string of the molecule is O=C1NC(=S)SC1=Cc1ccc(-c2ccccc2F)s1. The Kier molecular flexibility index (Phi) is 3.69. The van der Waals surface area contributed by atoms with E-state index in [0.29, 0.717) is 14.8 Å². The van der Waals surface area contributed by atoms with Gasteiger partial charge < -0.3 is 5.32 Å². The molecule has 2 aromatic rings. The highest BCUT2D eigenvalue weighted by atomic mass is 32.2. The minimum Gasteiger partial charge on any atom is -0.307 e. The normalized spacial score (nSPS) is 16.8. The molecule has 1 aliphatic heterocycles. The maximum absolute atomic E-state index is 13.7. The molecule has 0 spiro atoms. The first kappa shape index (κ1) is 13.5. The van der Waals surface area contributed by atoms with Crippen LogP contribution in [0.4, 0.5) is 4.39 Å². The second-order valence-corrected chi connectivity index (χ2v) is 6.87. The van der Waals surface area contributed by atoms with Crippen molar-refractivity contribution in [1.29, 1.82) is 0 Å². The van der Waals surface area contributed by atoms with Crippen LogP contribution in [0.2, 0.25) is 0 Å². The molecule has 0 radical (unpaired) electrons. The van der Waals surface area contributed by atoms with Crippen LogP contribution >= 0.6 is 35.3 Å². The number of thiophene rings is 1. The number of hydrogen-bond acceptors (Lipinski definition) is 4. The topological polar surface area (TPSA) is 29.1 Å². The fourth-order valence-corrected chi connectivity index (χ4v) is 3.87. The largest absolute Gasteiger partial charge is 0.307 e. The predicted molar refractivity (Wildman–Crippen MR) is 86.0 cm³/mol. The number of benzene rings is 1. The number of nitrogens with one attached hydrogen (secondary N) is 1. The number of halogens is 1. The molecule has 0 atom stereocenters. The van der Waals surface area contributed by atoms with E-state index in [9.17, 15) is 9.18 Å². The van der Waals surface area contributed by atoms with Crippen molar-refractivity contribution in [2.24, 2.45) is 0 Å². The van der Waals surface area contributed by atoms with Gasteiger partial charge in [-0.3, -0.25) is 4.79 Å². The highest BCUT2D eigenvalue weighted by Crippen LogP contribution is 2.33. The third-order valence-corrected chi connectivity index (χ3v) is 4.91. The molecule has 3 rings (SSSR count). The van der Waals surface area contributed by atoms with E-state index in [2.05, 4.69) is 5.32 Å². The van der Waals surface area contributed by atoms with Gasteiger partial charge in [0.05, 0.1) is 4.91 Å². The highest BCUT2D eigenvalue weighted by molar-refractivity contribution is 8.26. The Hall–Kier alpha value is -1.50. The molecule has 2 heterocycles. The van der Waals surface area contributed by atoms with Crippen LogP contribution in [0.1, 0.15) is 4.88 Å². The molecule has 1 aromatic heterocycles. The quantitative estimate of drug-likeness (QED) is 0.668. The molecule has 1 fully saturated rings. The molecule has 1 amide bonds. The van der Waals surface area contributed by atoms with Crippen LogP contribution in [0.3, 0.4) is 0 Å². The van der Waals surface area contributed by atoms with Crippen molar-refractivity contribution >= 4 is 51.6 Å². The van der Waals surface area contributed by atoms with E-state index in [1.54, 1.807) is 24.3 Å². The van der Waals surface area contributed by atoms with Gasteiger partial charge in [0.2, 0.25) is 0 Å². The van der Waals surface area contributed by atoms with E-state index in [0.717, 1.165) is 9.75 Å². The maximum atomic E-state index is 13.7. The number of thioether (sulfide) groups is 1. The molecule has 0 bridgehead atoms. The fraction of sp³-hybridized carbons (Fsp3) is 0. The third kappa shape index (κ3) is 2.67. The molecule has 1 N–H and O–H groups in total. The average Bonchev–Trinajstić information content (AvgIpc) is 2.98. The zero-order valence-electron chi connectivity index (χ0n) is 10.1. The molecule has 20 heavy (non-hydrogen) atoms. The molecule has 1 aromatic carbocycles. The van der Waals surface area contributed by atoms with Gasteiger partial charge in [-0.15, -0.1) is 11.3 Å². The van der Waals surface area contributed by atoms with Crippen LogP contribution in [0, 0.1) is 5.82 Å². The van der Waals surface area contributed by atoms with E-state index >= 15 is 0 Å². The lowest BCUT2D eigenvalue weighted by molar-refractivity contribution is -0.115. The zero-order chi connectivity index (χ0) is 14.1. The summed E-state index contributed by atoms with van der Waals surface area (Å²) in [5, 5.41) is 2.57. The zero-order valence-corrected chi connectivity index (χ0v) is 12.5. The van der Waals surface area contributed by atoms with E-state index in [4.69, 9.17) is 12.2 Å². The number of hydrogen-bond donors (Lipinski definition) is 1. The minimum atomic E-state index is -0.247. The van der Waals surface area contributed by atoms with Gasteiger partial charge >= 0.3 is 0 Å². The van der Waals surface area contributed by atoms with Gasteiger partial charge in [-0.1, -0.05) is 42.2 Å². The Morgan fingerprint density at radius 2 is 2.00 bits per heavy atom. The van der Waals surface area contributed by atoms with Crippen molar-refractivity contribution in [3.05, 3.63) is 52.0 Å². The van der Waals surface area contributed by atoms with Crippen LogP contribution in [0.5, 0.6) is 0 Å². The van der Waals surface area contributed by atoms with Crippen LogP contribution in [0.15, 0.2) is 41.3 Å². The van der Waals surface area contributed by atoms with Crippen molar-refractivity contribution < 1.29 is 9.18 Å². The molecule has 6 heteroatoms.